The van der Waals surface area contributed by atoms with Crippen LogP contribution in [0.25, 0.3) is 0 Å². The maximum Gasteiger partial charge on any atom is 0.422 e. The van der Waals surface area contributed by atoms with Gasteiger partial charge in [0.15, 0.2) is 6.61 Å². The molecule has 8 heteroatoms. The van der Waals surface area contributed by atoms with E-state index >= 15 is 0 Å². The highest BCUT2D eigenvalue weighted by Gasteiger charge is 2.45. The summed E-state index contributed by atoms with van der Waals surface area (Å²) in [7, 11) is 0. The summed E-state index contributed by atoms with van der Waals surface area (Å²) in [6.45, 7) is 0.859. The molecule has 0 spiro atoms. The van der Waals surface area contributed by atoms with Gasteiger partial charge in [-0.3, -0.25) is 9.78 Å². The number of carbonyl (C=O) groups excluding carboxylic acids is 1. The summed E-state index contributed by atoms with van der Waals surface area (Å²) in [5.41, 5.74) is 2.62. The van der Waals surface area contributed by atoms with E-state index in [4.69, 9.17) is 4.74 Å². The zero-order chi connectivity index (χ0) is 24.1. The van der Waals surface area contributed by atoms with E-state index in [0.29, 0.717) is 12.3 Å². The number of amides is 1. The van der Waals surface area contributed by atoms with Crippen LogP contribution in [0.15, 0.2) is 72.9 Å². The lowest BCUT2D eigenvalue weighted by Gasteiger charge is -2.15. The third kappa shape index (κ3) is 6.27. The van der Waals surface area contributed by atoms with E-state index in [0.717, 1.165) is 23.3 Å². The van der Waals surface area contributed by atoms with Gasteiger partial charge >= 0.3 is 6.18 Å². The van der Waals surface area contributed by atoms with Crippen molar-refractivity contribution < 1.29 is 27.4 Å². The van der Waals surface area contributed by atoms with Crippen LogP contribution in [0.2, 0.25) is 0 Å². The summed E-state index contributed by atoms with van der Waals surface area (Å²) < 4.78 is 47.5. The molecule has 5 nitrogen and oxygen atoms in total. The van der Waals surface area contributed by atoms with Crippen LogP contribution in [-0.4, -0.2) is 23.7 Å². The van der Waals surface area contributed by atoms with Gasteiger partial charge in [0, 0.05) is 5.92 Å². The zero-order valence-corrected chi connectivity index (χ0v) is 18.6. The molecule has 0 saturated heterocycles. The summed E-state index contributed by atoms with van der Waals surface area (Å²) in [6.07, 6.45) is -2.46. The molecule has 4 rings (SSSR count). The number of halogens is 3. The fourth-order valence-corrected chi connectivity index (χ4v) is 3.77. The van der Waals surface area contributed by atoms with Crippen LogP contribution in [0.3, 0.4) is 0 Å². The maximum absolute atomic E-state index is 12.8. The number of nitrogens with zero attached hydrogens (tertiary/aromatic N) is 1. The van der Waals surface area contributed by atoms with Crippen LogP contribution < -0.4 is 14.8 Å². The second kappa shape index (κ2) is 10.2. The van der Waals surface area contributed by atoms with Crippen molar-refractivity contribution in [3.63, 3.8) is 0 Å². The van der Waals surface area contributed by atoms with Gasteiger partial charge in [0.2, 0.25) is 5.91 Å². The first-order valence-corrected chi connectivity index (χ1v) is 11.0. The molecule has 2 aromatic carbocycles. The molecule has 1 aromatic heterocycles. The van der Waals surface area contributed by atoms with E-state index < -0.39 is 18.8 Å². The van der Waals surface area contributed by atoms with E-state index in [-0.39, 0.29) is 23.5 Å². The number of hydrogen-bond donors (Lipinski definition) is 1. The average Bonchev–Trinajstić information content (AvgIpc) is 3.63. The lowest BCUT2D eigenvalue weighted by molar-refractivity contribution is -0.153. The van der Waals surface area contributed by atoms with Crippen molar-refractivity contribution in [2.75, 3.05) is 6.61 Å². The van der Waals surface area contributed by atoms with E-state index in [2.05, 4.69) is 15.0 Å². The largest absolute Gasteiger partial charge is 0.489 e. The van der Waals surface area contributed by atoms with Crippen LogP contribution >= 0.6 is 0 Å². The minimum Gasteiger partial charge on any atom is -0.489 e. The number of pyridine rings is 1. The topological polar surface area (TPSA) is 60.5 Å². The van der Waals surface area contributed by atoms with E-state index in [1.807, 2.05) is 54.6 Å². The number of alkyl halides is 3. The molecule has 0 radical (unpaired) electrons. The standard InChI is InChI=1S/C26H25F3N2O3/c1-17(23-12-11-19(14-30-23)34-16-26(27,28)29)31-25(32)22-13-21(22)20-9-5-6-10-24(20)33-15-18-7-3-2-4-8-18/h2-12,14,17,21-22H,13,15-16H2,1H3,(H,31,32)/t17-,21-,22+/m0/s1. The zero-order valence-electron chi connectivity index (χ0n) is 18.6. The maximum atomic E-state index is 12.8. The SMILES string of the molecule is C[C@H](NC(=O)[C@@H]1C[C@H]1c1ccccc1OCc1ccccc1)c1ccc(OCC(F)(F)F)cn1. The molecule has 1 N–H and O–H groups in total. The van der Waals surface area contributed by atoms with Gasteiger partial charge in [0.1, 0.15) is 18.1 Å². The van der Waals surface area contributed by atoms with Crippen molar-refractivity contribution in [3.05, 3.63) is 89.7 Å². The van der Waals surface area contributed by atoms with Crippen LogP contribution in [0.4, 0.5) is 13.2 Å². The summed E-state index contributed by atoms with van der Waals surface area (Å²) in [5.74, 6) is 0.614. The van der Waals surface area contributed by atoms with E-state index in [1.165, 1.54) is 12.3 Å². The fourth-order valence-electron chi connectivity index (χ4n) is 3.77. The van der Waals surface area contributed by atoms with E-state index in [1.54, 1.807) is 13.0 Å². The molecule has 1 aliphatic rings. The first kappa shape index (κ1) is 23.6. The molecule has 1 aliphatic carbocycles. The van der Waals surface area contributed by atoms with Crippen LogP contribution in [0.1, 0.15) is 42.1 Å². The monoisotopic (exact) mass is 470 g/mol. The number of rotatable bonds is 9. The highest BCUT2D eigenvalue weighted by molar-refractivity contribution is 5.83. The number of ether oxygens (including phenoxy) is 2. The Morgan fingerprint density at radius 1 is 1.06 bits per heavy atom. The molecule has 178 valence electrons. The molecule has 1 saturated carbocycles. The van der Waals surface area contributed by atoms with Gasteiger partial charge in [-0.25, -0.2) is 0 Å². The Balaban J connectivity index is 1.32. The Morgan fingerprint density at radius 3 is 2.50 bits per heavy atom. The Morgan fingerprint density at radius 2 is 1.79 bits per heavy atom. The Bertz CT molecular complexity index is 1100. The minimum atomic E-state index is -4.41. The van der Waals surface area contributed by atoms with Crippen molar-refractivity contribution in [1.82, 2.24) is 10.3 Å². The first-order valence-electron chi connectivity index (χ1n) is 11.0. The van der Waals surface area contributed by atoms with Gasteiger partial charge in [0.25, 0.3) is 0 Å². The summed E-state index contributed by atoms with van der Waals surface area (Å²) >= 11 is 0. The molecule has 0 aliphatic heterocycles. The highest BCUT2D eigenvalue weighted by atomic mass is 19.4. The highest BCUT2D eigenvalue weighted by Crippen LogP contribution is 2.50. The molecule has 1 fully saturated rings. The lowest BCUT2D eigenvalue weighted by atomic mass is 10.1. The molecule has 1 amide bonds. The van der Waals surface area contributed by atoms with Gasteiger partial charge < -0.3 is 14.8 Å². The number of aromatic nitrogens is 1. The predicted molar refractivity (Wildman–Crippen MR) is 120 cm³/mol. The van der Waals surface area contributed by atoms with Crippen LogP contribution in [0.5, 0.6) is 11.5 Å². The molecule has 0 bridgehead atoms. The van der Waals surface area contributed by atoms with Crippen molar-refractivity contribution in [3.8, 4) is 11.5 Å². The number of carbonyl (C=O) groups is 1. The van der Waals surface area contributed by atoms with Crippen molar-refractivity contribution in [2.45, 2.75) is 38.1 Å². The third-order valence-corrected chi connectivity index (χ3v) is 5.65. The minimum absolute atomic E-state index is 0.0222. The average molecular weight is 470 g/mol. The molecule has 34 heavy (non-hydrogen) atoms. The normalized spacial score (nSPS) is 18.1. The second-order valence-electron chi connectivity index (χ2n) is 8.31. The van der Waals surface area contributed by atoms with Crippen LogP contribution in [0, 0.1) is 5.92 Å². The molecule has 0 unspecified atom stereocenters. The Kier molecular flexibility index (Phi) is 7.05. The van der Waals surface area contributed by atoms with Crippen molar-refractivity contribution in [2.24, 2.45) is 5.92 Å². The summed E-state index contributed by atoms with van der Waals surface area (Å²) in [6, 6.07) is 20.2. The number of benzene rings is 2. The smallest absolute Gasteiger partial charge is 0.422 e. The molecule has 3 aromatic rings. The van der Waals surface area contributed by atoms with Crippen molar-refractivity contribution in [1.29, 1.82) is 0 Å². The van der Waals surface area contributed by atoms with E-state index in [9.17, 15) is 18.0 Å². The molecular formula is C26H25F3N2O3. The number of nitrogens with one attached hydrogen (secondary N) is 1. The van der Waals surface area contributed by atoms with Gasteiger partial charge in [-0.1, -0.05) is 48.5 Å². The van der Waals surface area contributed by atoms with Gasteiger partial charge in [-0.15, -0.1) is 0 Å². The molecular weight excluding hydrogens is 445 g/mol. The van der Waals surface area contributed by atoms with Gasteiger partial charge in [-0.2, -0.15) is 13.2 Å². The quantitative estimate of drug-likeness (QED) is 0.443. The van der Waals surface area contributed by atoms with Crippen LogP contribution in [-0.2, 0) is 11.4 Å². The second-order valence-corrected chi connectivity index (χ2v) is 8.31. The molecule has 3 atom stereocenters. The molecule has 1 heterocycles. The van der Waals surface area contributed by atoms with Crippen molar-refractivity contribution >= 4 is 5.91 Å². The summed E-state index contributed by atoms with van der Waals surface area (Å²) in [5, 5.41) is 2.95. The third-order valence-electron chi connectivity index (χ3n) is 5.65. The fraction of sp³-hybridized carbons (Fsp3) is 0.308. The Labute approximate surface area is 195 Å². The Hall–Kier alpha value is -3.55. The lowest BCUT2D eigenvalue weighted by Crippen LogP contribution is -2.29. The number of hydrogen-bond acceptors (Lipinski definition) is 4. The predicted octanol–water partition coefficient (Wildman–Crippen LogP) is 5.58. The van der Waals surface area contributed by atoms with Gasteiger partial charge in [-0.05, 0) is 48.6 Å². The summed E-state index contributed by atoms with van der Waals surface area (Å²) in [4.78, 5) is 16.9. The number of para-hydroxylation sites is 1. The van der Waals surface area contributed by atoms with Gasteiger partial charge in [0.05, 0.1) is 17.9 Å². The first-order chi connectivity index (χ1) is 16.3.